The minimum absolute atomic E-state index is 0.295. The molecule has 21 heavy (non-hydrogen) atoms. The van der Waals surface area contributed by atoms with E-state index in [1.807, 2.05) is 38.1 Å². The maximum absolute atomic E-state index is 5.46. The van der Waals surface area contributed by atoms with Crippen LogP contribution in [-0.4, -0.2) is 6.10 Å². The summed E-state index contributed by atoms with van der Waals surface area (Å²) in [4.78, 5) is 0. The van der Waals surface area contributed by atoms with Gasteiger partial charge in [-0.05, 0) is 49.2 Å². The first-order valence-corrected chi connectivity index (χ1v) is 9.38. The third kappa shape index (κ3) is 8.77. The highest BCUT2D eigenvalue weighted by atomic mass is 79.9. The smallest absolute Gasteiger partial charge is 0.0720 e. The minimum Gasteiger partial charge on any atom is -0.374 e. The van der Waals surface area contributed by atoms with Crippen LogP contribution in [0.5, 0.6) is 0 Å². The van der Waals surface area contributed by atoms with Crippen LogP contribution in [0.3, 0.4) is 0 Å². The van der Waals surface area contributed by atoms with Gasteiger partial charge in [0.05, 0.1) is 12.7 Å². The van der Waals surface area contributed by atoms with E-state index in [2.05, 4.69) is 72.1 Å². The molecule has 0 bridgehead atoms. The van der Waals surface area contributed by atoms with Gasteiger partial charge in [-0.25, -0.2) is 0 Å². The molecule has 0 aliphatic heterocycles. The first-order chi connectivity index (χ1) is 10.0. The summed E-state index contributed by atoms with van der Waals surface area (Å²) in [6.45, 7) is 4.77. The Bertz CT molecular complexity index is 541. The Morgan fingerprint density at radius 1 is 0.905 bits per heavy atom. The van der Waals surface area contributed by atoms with Gasteiger partial charge in [-0.1, -0.05) is 72.1 Å². The normalized spacial score (nSPS) is 10.2. The number of hydrogen-bond acceptors (Lipinski definition) is 1. The van der Waals surface area contributed by atoms with Crippen molar-refractivity contribution in [3.05, 3.63) is 68.6 Å². The lowest BCUT2D eigenvalue weighted by Crippen LogP contribution is -2.01. The number of halogens is 3. The van der Waals surface area contributed by atoms with Gasteiger partial charge in [0.1, 0.15) is 0 Å². The standard InChI is InChI=1S/C10H13BrO.C7H6Br2/c1-8(2)12-7-9-4-3-5-10(11)6-9;8-5-6-2-1-3-7(9)4-6/h3-6,8H,7H2,1-2H3;1-4H,5H2. The SMILES string of the molecule is BrCc1cccc(Br)c1.CC(C)OCc1cccc(Br)c1. The molecule has 0 spiro atoms. The van der Waals surface area contributed by atoms with Crippen LogP contribution >= 0.6 is 47.8 Å². The molecule has 2 rings (SSSR count). The van der Waals surface area contributed by atoms with Crippen molar-refractivity contribution in [2.45, 2.75) is 31.9 Å². The summed E-state index contributed by atoms with van der Waals surface area (Å²) >= 11 is 10.2. The van der Waals surface area contributed by atoms with E-state index in [0.717, 1.165) is 14.3 Å². The Balaban J connectivity index is 0.000000219. The summed E-state index contributed by atoms with van der Waals surface area (Å²) in [7, 11) is 0. The monoisotopic (exact) mass is 476 g/mol. The van der Waals surface area contributed by atoms with Crippen molar-refractivity contribution in [2.75, 3.05) is 0 Å². The molecule has 0 fully saturated rings. The van der Waals surface area contributed by atoms with E-state index in [4.69, 9.17) is 4.74 Å². The van der Waals surface area contributed by atoms with Gasteiger partial charge in [-0.3, -0.25) is 0 Å². The average Bonchev–Trinajstić information content (AvgIpc) is 2.46. The van der Waals surface area contributed by atoms with Gasteiger partial charge in [0, 0.05) is 14.3 Å². The van der Waals surface area contributed by atoms with Crippen LogP contribution in [0.25, 0.3) is 0 Å². The number of hydrogen-bond donors (Lipinski definition) is 0. The molecule has 0 saturated carbocycles. The van der Waals surface area contributed by atoms with Crippen LogP contribution in [0.1, 0.15) is 25.0 Å². The van der Waals surface area contributed by atoms with E-state index in [-0.39, 0.29) is 0 Å². The molecule has 0 aliphatic rings. The molecule has 0 heterocycles. The fourth-order valence-corrected chi connectivity index (χ4v) is 2.75. The molecule has 4 heteroatoms. The summed E-state index contributed by atoms with van der Waals surface area (Å²) in [6.07, 6.45) is 0.295. The molecule has 0 N–H and O–H groups in total. The Morgan fingerprint density at radius 3 is 1.86 bits per heavy atom. The first kappa shape index (κ1) is 18.9. The zero-order valence-electron chi connectivity index (χ0n) is 12.2. The van der Waals surface area contributed by atoms with Gasteiger partial charge in [-0.2, -0.15) is 0 Å². The Morgan fingerprint density at radius 2 is 1.43 bits per heavy atom. The molecule has 0 saturated heterocycles. The fourth-order valence-electron chi connectivity index (χ4n) is 1.51. The number of alkyl halides is 1. The minimum atomic E-state index is 0.295. The molecule has 0 aromatic heterocycles. The fraction of sp³-hybridized carbons (Fsp3) is 0.294. The third-order valence-electron chi connectivity index (χ3n) is 2.52. The second-order valence-electron chi connectivity index (χ2n) is 4.75. The van der Waals surface area contributed by atoms with E-state index in [9.17, 15) is 0 Å². The molecular formula is C17H19Br3O. The zero-order chi connectivity index (χ0) is 15.7. The Labute approximate surface area is 152 Å². The molecule has 0 unspecified atom stereocenters. The predicted octanol–water partition coefficient (Wildman–Crippen LogP) is 6.72. The summed E-state index contributed by atoms with van der Waals surface area (Å²) in [5, 5.41) is 0.923. The molecule has 1 nitrogen and oxygen atoms in total. The van der Waals surface area contributed by atoms with Gasteiger partial charge >= 0.3 is 0 Å². The number of ether oxygens (including phenoxy) is 1. The van der Waals surface area contributed by atoms with Crippen molar-refractivity contribution >= 4 is 47.8 Å². The van der Waals surface area contributed by atoms with Crippen LogP contribution in [0, 0.1) is 0 Å². The number of rotatable bonds is 4. The Hall–Kier alpha value is -0.160. The molecule has 0 radical (unpaired) electrons. The lowest BCUT2D eigenvalue weighted by atomic mass is 10.2. The largest absolute Gasteiger partial charge is 0.374 e. The van der Waals surface area contributed by atoms with Gasteiger partial charge in [0.15, 0.2) is 0 Å². The van der Waals surface area contributed by atoms with Crippen molar-refractivity contribution in [3.8, 4) is 0 Å². The summed E-state index contributed by atoms with van der Waals surface area (Å²) in [5.74, 6) is 0. The third-order valence-corrected chi connectivity index (χ3v) is 4.15. The predicted molar refractivity (Wildman–Crippen MR) is 101 cm³/mol. The molecule has 2 aromatic rings. The van der Waals surface area contributed by atoms with Crippen LogP contribution < -0.4 is 0 Å². The highest BCUT2D eigenvalue weighted by Gasteiger charge is 1.96. The molecule has 2 aromatic carbocycles. The van der Waals surface area contributed by atoms with E-state index in [0.29, 0.717) is 12.7 Å². The highest BCUT2D eigenvalue weighted by Crippen LogP contribution is 2.13. The van der Waals surface area contributed by atoms with Gasteiger partial charge in [0.25, 0.3) is 0 Å². The maximum atomic E-state index is 5.46. The average molecular weight is 479 g/mol. The van der Waals surface area contributed by atoms with E-state index in [1.54, 1.807) is 0 Å². The van der Waals surface area contributed by atoms with Crippen LogP contribution in [0.2, 0.25) is 0 Å². The lowest BCUT2D eigenvalue weighted by molar-refractivity contribution is 0.0657. The summed E-state index contributed by atoms with van der Waals surface area (Å²) in [5.41, 5.74) is 2.50. The molecule has 0 aliphatic carbocycles. The van der Waals surface area contributed by atoms with E-state index < -0.39 is 0 Å². The Kier molecular flexibility index (Phi) is 9.49. The van der Waals surface area contributed by atoms with Crippen molar-refractivity contribution in [1.82, 2.24) is 0 Å². The van der Waals surface area contributed by atoms with E-state index in [1.165, 1.54) is 11.1 Å². The van der Waals surface area contributed by atoms with Gasteiger partial charge < -0.3 is 4.74 Å². The van der Waals surface area contributed by atoms with Crippen molar-refractivity contribution in [1.29, 1.82) is 0 Å². The van der Waals surface area contributed by atoms with Gasteiger partial charge in [0.2, 0.25) is 0 Å². The van der Waals surface area contributed by atoms with Crippen molar-refractivity contribution < 1.29 is 4.74 Å². The quantitative estimate of drug-likeness (QED) is 0.443. The van der Waals surface area contributed by atoms with Crippen LogP contribution in [0.4, 0.5) is 0 Å². The highest BCUT2D eigenvalue weighted by molar-refractivity contribution is 9.10. The summed E-state index contributed by atoms with van der Waals surface area (Å²) in [6, 6.07) is 16.4. The second kappa shape index (κ2) is 10.5. The molecule has 0 atom stereocenters. The van der Waals surface area contributed by atoms with Gasteiger partial charge in [-0.15, -0.1) is 0 Å². The molecular weight excluding hydrogens is 460 g/mol. The molecule has 114 valence electrons. The van der Waals surface area contributed by atoms with E-state index >= 15 is 0 Å². The van der Waals surface area contributed by atoms with Crippen LogP contribution in [-0.2, 0) is 16.7 Å². The van der Waals surface area contributed by atoms with Crippen LogP contribution in [0.15, 0.2) is 57.5 Å². The van der Waals surface area contributed by atoms with Crippen molar-refractivity contribution in [3.63, 3.8) is 0 Å². The lowest BCUT2D eigenvalue weighted by Gasteiger charge is -2.07. The topological polar surface area (TPSA) is 9.23 Å². The zero-order valence-corrected chi connectivity index (χ0v) is 16.9. The number of benzene rings is 2. The summed E-state index contributed by atoms with van der Waals surface area (Å²) < 4.78 is 7.70. The second-order valence-corrected chi connectivity index (χ2v) is 7.15. The maximum Gasteiger partial charge on any atom is 0.0720 e. The molecule has 0 amide bonds. The van der Waals surface area contributed by atoms with Crippen molar-refractivity contribution in [2.24, 2.45) is 0 Å². The first-order valence-electron chi connectivity index (χ1n) is 6.67.